The fourth-order valence-corrected chi connectivity index (χ4v) is 0.668. The lowest BCUT2D eigenvalue weighted by molar-refractivity contribution is -0.128. The summed E-state index contributed by atoms with van der Waals surface area (Å²) in [4.78, 5) is 21.3. The van der Waals surface area contributed by atoms with E-state index in [2.05, 4.69) is 6.58 Å². The summed E-state index contributed by atoms with van der Waals surface area (Å²) < 4.78 is 4.96. The van der Waals surface area contributed by atoms with Crippen LogP contribution in [0.3, 0.4) is 0 Å². The fraction of sp³-hybridized carbons (Fsp3) is 0.556. The number of hydrogen-bond donors (Lipinski definition) is 0. The number of carbonyl (C=O) groups excluding carboxylic acids is 2. The fourth-order valence-electron chi connectivity index (χ4n) is 0.668. The van der Waals surface area contributed by atoms with Crippen LogP contribution in [-0.4, -0.2) is 24.8 Å². The average Bonchev–Trinajstić information content (AvgIpc) is 1.84. The Labute approximate surface area is 72.4 Å². The third kappa shape index (κ3) is 7.15. The second-order valence-electron chi connectivity index (χ2n) is 2.87. The second-order valence-corrected chi connectivity index (χ2v) is 2.87. The van der Waals surface area contributed by atoms with Gasteiger partial charge in [-0.15, -0.1) is 0 Å². The molecule has 0 spiro atoms. The Kier molecular flexibility index (Phi) is 5.21. The second kappa shape index (κ2) is 5.66. The summed E-state index contributed by atoms with van der Waals surface area (Å²) in [5.41, 5.74) is 0.866. The third-order valence-corrected chi connectivity index (χ3v) is 1.06. The van der Waals surface area contributed by atoms with Gasteiger partial charge in [-0.3, -0.25) is 9.59 Å². The minimum absolute atomic E-state index is 0.00639. The lowest BCUT2D eigenvalue weighted by Crippen LogP contribution is -2.12. The van der Waals surface area contributed by atoms with Crippen molar-refractivity contribution in [3.63, 3.8) is 0 Å². The molecule has 0 N–H and O–H groups in total. The molecular weight excluding hydrogens is 156 g/mol. The highest BCUT2D eigenvalue weighted by Crippen LogP contribution is 1.91. The van der Waals surface area contributed by atoms with E-state index in [1.54, 1.807) is 0 Å². The molecule has 0 fully saturated rings. The number of ketones is 2. The van der Waals surface area contributed by atoms with Crippen LogP contribution in [0.4, 0.5) is 0 Å². The minimum atomic E-state index is -0.177. The van der Waals surface area contributed by atoms with Crippen LogP contribution >= 0.6 is 0 Å². The number of Topliss-reactive ketones (excluding diaryl/α,β-unsaturated/α-hetero) is 2. The molecule has 12 heavy (non-hydrogen) atoms. The predicted molar refractivity (Wildman–Crippen MR) is 45.9 cm³/mol. The first-order chi connectivity index (χ1) is 5.52. The molecule has 3 nitrogen and oxygen atoms in total. The Morgan fingerprint density at radius 2 is 1.83 bits per heavy atom. The molecule has 0 amide bonds. The molecule has 0 radical (unpaired) electrons. The smallest absolute Gasteiger partial charge is 0.165 e. The van der Waals surface area contributed by atoms with Gasteiger partial charge in [0.2, 0.25) is 0 Å². The molecule has 3 heteroatoms. The van der Waals surface area contributed by atoms with Crippen LogP contribution in [0.15, 0.2) is 12.2 Å². The lowest BCUT2D eigenvalue weighted by Gasteiger charge is -2.00. The maximum Gasteiger partial charge on any atom is 0.165 e. The summed E-state index contributed by atoms with van der Waals surface area (Å²) in [6.45, 7) is 7.20. The molecular formula is C9H14O3. The van der Waals surface area contributed by atoms with Crippen molar-refractivity contribution < 1.29 is 14.3 Å². The van der Waals surface area contributed by atoms with E-state index in [4.69, 9.17) is 4.74 Å². The van der Waals surface area contributed by atoms with Crippen LogP contribution in [0.1, 0.15) is 20.3 Å². The zero-order valence-corrected chi connectivity index (χ0v) is 7.55. The van der Waals surface area contributed by atoms with Crippen molar-refractivity contribution in [3.05, 3.63) is 12.2 Å². The van der Waals surface area contributed by atoms with Crippen molar-refractivity contribution in [2.24, 2.45) is 0 Å². The van der Waals surface area contributed by atoms with Crippen molar-refractivity contribution in [2.45, 2.75) is 20.3 Å². The van der Waals surface area contributed by atoms with E-state index in [-0.39, 0.29) is 24.6 Å². The highest BCUT2D eigenvalue weighted by atomic mass is 16.5. The van der Waals surface area contributed by atoms with Crippen LogP contribution in [0.2, 0.25) is 0 Å². The third-order valence-electron chi connectivity index (χ3n) is 1.06. The van der Waals surface area contributed by atoms with Crippen molar-refractivity contribution >= 4 is 11.6 Å². The minimum Gasteiger partial charge on any atom is -0.369 e. The Hall–Kier alpha value is -0.960. The number of hydrogen-bond acceptors (Lipinski definition) is 3. The lowest BCUT2D eigenvalue weighted by atomic mass is 10.2. The van der Waals surface area contributed by atoms with Gasteiger partial charge in [0.25, 0.3) is 0 Å². The van der Waals surface area contributed by atoms with E-state index in [1.165, 1.54) is 6.92 Å². The standard InChI is InChI=1S/C9H14O3/c1-7(2)5-12-6-9(11)4-8(3)10/h1,4-6H2,2-3H3. The first-order valence-electron chi connectivity index (χ1n) is 3.75. The van der Waals surface area contributed by atoms with Gasteiger partial charge >= 0.3 is 0 Å². The van der Waals surface area contributed by atoms with E-state index >= 15 is 0 Å². The molecule has 0 atom stereocenters. The molecule has 0 aromatic carbocycles. The number of ether oxygens (including phenoxy) is 1. The van der Waals surface area contributed by atoms with Crippen molar-refractivity contribution in [1.82, 2.24) is 0 Å². The van der Waals surface area contributed by atoms with Crippen molar-refractivity contribution in [3.8, 4) is 0 Å². The van der Waals surface area contributed by atoms with Gasteiger partial charge < -0.3 is 4.74 Å². The first kappa shape index (κ1) is 11.0. The molecule has 0 bridgehead atoms. The van der Waals surface area contributed by atoms with Gasteiger partial charge in [0.1, 0.15) is 12.4 Å². The summed E-state index contributed by atoms with van der Waals surface area (Å²) >= 11 is 0. The van der Waals surface area contributed by atoms with Gasteiger partial charge in [0, 0.05) is 0 Å². The molecule has 0 rings (SSSR count). The van der Waals surface area contributed by atoms with Crippen LogP contribution in [0, 0.1) is 0 Å². The summed E-state index contributed by atoms with van der Waals surface area (Å²) in [5, 5.41) is 0. The predicted octanol–water partition coefficient (Wildman–Crippen LogP) is 1.13. The molecule has 0 heterocycles. The Bertz CT molecular complexity index is 194. The average molecular weight is 170 g/mol. The Morgan fingerprint density at radius 3 is 2.25 bits per heavy atom. The van der Waals surface area contributed by atoms with Gasteiger partial charge in [-0.2, -0.15) is 0 Å². The topological polar surface area (TPSA) is 43.4 Å². The summed E-state index contributed by atoms with van der Waals surface area (Å²) in [6, 6.07) is 0. The summed E-state index contributed by atoms with van der Waals surface area (Å²) in [7, 11) is 0. The normalized spacial score (nSPS) is 9.50. The molecule has 0 saturated heterocycles. The van der Waals surface area contributed by atoms with Crippen LogP contribution in [0.25, 0.3) is 0 Å². The van der Waals surface area contributed by atoms with E-state index in [9.17, 15) is 9.59 Å². The van der Waals surface area contributed by atoms with Gasteiger partial charge in [-0.25, -0.2) is 0 Å². The first-order valence-corrected chi connectivity index (χ1v) is 3.75. The van der Waals surface area contributed by atoms with Crippen LogP contribution in [-0.2, 0) is 14.3 Å². The van der Waals surface area contributed by atoms with Crippen LogP contribution < -0.4 is 0 Å². The monoisotopic (exact) mass is 170 g/mol. The van der Waals surface area contributed by atoms with Gasteiger partial charge in [-0.1, -0.05) is 12.2 Å². The van der Waals surface area contributed by atoms with E-state index in [0.717, 1.165) is 5.57 Å². The largest absolute Gasteiger partial charge is 0.369 e. The van der Waals surface area contributed by atoms with Crippen molar-refractivity contribution in [2.75, 3.05) is 13.2 Å². The molecule has 0 aliphatic rings. The van der Waals surface area contributed by atoms with E-state index < -0.39 is 0 Å². The summed E-state index contributed by atoms with van der Waals surface area (Å²) in [5.74, 6) is -0.303. The summed E-state index contributed by atoms with van der Waals surface area (Å²) in [6.07, 6.45) is -0.0316. The molecule has 0 unspecified atom stereocenters. The highest BCUT2D eigenvalue weighted by Gasteiger charge is 2.04. The zero-order chi connectivity index (χ0) is 9.56. The van der Waals surface area contributed by atoms with Crippen molar-refractivity contribution in [1.29, 1.82) is 0 Å². The molecule has 0 aromatic rings. The number of carbonyl (C=O) groups is 2. The van der Waals surface area contributed by atoms with Crippen LogP contribution in [0.5, 0.6) is 0 Å². The molecule has 0 aliphatic heterocycles. The van der Waals surface area contributed by atoms with Gasteiger partial charge in [0.15, 0.2) is 5.78 Å². The highest BCUT2D eigenvalue weighted by molar-refractivity contribution is 5.98. The quantitative estimate of drug-likeness (QED) is 0.443. The Balaban J connectivity index is 3.44. The zero-order valence-electron chi connectivity index (χ0n) is 7.55. The Morgan fingerprint density at radius 1 is 1.25 bits per heavy atom. The molecule has 68 valence electrons. The number of rotatable bonds is 6. The maximum atomic E-state index is 10.9. The molecule has 0 saturated carbocycles. The molecule has 0 aromatic heterocycles. The SMILES string of the molecule is C=C(C)COCC(=O)CC(C)=O. The van der Waals surface area contributed by atoms with E-state index in [1.807, 2.05) is 6.92 Å². The van der Waals surface area contributed by atoms with E-state index in [0.29, 0.717) is 6.61 Å². The maximum absolute atomic E-state index is 10.9. The van der Waals surface area contributed by atoms with Gasteiger partial charge in [0.05, 0.1) is 13.0 Å². The molecule has 0 aliphatic carbocycles. The van der Waals surface area contributed by atoms with Gasteiger partial charge in [-0.05, 0) is 13.8 Å².